The lowest BCUT2D eigenvalue weighted by molar-refractivity contribution is -0.142. The number of fused-ring (bicyclic) bond motifs is 2. The summed E-state index contributed by atoms with van der Waals surface area (Å²) < 4.78 is 0. The molecule has 2 fully saturated rings. The predicted octanol–water partition coefficient (Wildman–Crippen LogP) is 5.07. The van der Waals surface area contributed by atoms with Gasteiger partial charge in [0.25, 0.3) is 5.91 Å². The average Bonchev–Trinajstić information content (AvgIpc) is 3.53. The van der Waals surface area contributed by atoms with Gasteiger partial charge in [-0.3, -0.25) is 14.4 Å². The zero-order valence-electron chi connectivity index (χ0n) is 18.3. The number of hydrogen-bond acceptors (Lipinski definition) is 3. The maximum Gasteiger partial charge on any atom is 0.303 e. The molecular formula is C26H27ClN2O4. The first-order valence-corrected chi connectivity index (χ1v) is 12.0. The number of carbonyl (C=O) groups excluding carboxylic acids is 2. The third kappa shape index (κ3) is 4.12. The van der Waals surface area contributed by atoms with Gasteiger partial charge in [-0.2, -0.15) is 0 Å². The van der Waals surface area contributed by atoms with Crippen LogP contribution in [0.1, 0.15) is 66.9 Å². The number of rotatable bonds is 6. The normalized spacial score (nSPS) is 23.5. The number of nitrogens with zero attached hydrogens (tertiary/aromatic N) is 2. The molecule has 2 aliphatic carbocycles. The predicted molar refractivity (Wildman–Crippen MR) is 125 cm³/mol. The molecule has 33 heavy (non-hydrogen) atoms. The molecule has 0 saturated heterocycles. The maximum atomic E-state index is 13.7. The van der Waals surface area contributed by atoms with Crippen molar-refractivity contribution in [3.8, 4) is 0 Å². The second-order valence-corrected chi connectivity index (χ2v) is 9.71. The van der Waals surface area contributed by atoms with Crippen LogP contribution in [-0.4, -0.2) is 39.9 Å². The molecule has 5 rings (SSSR count). The van der Waals surface area contributed by atoms with Gasteiger partial charge in [0, 0.05) is 40.7 Å². The van der Waals surface area contributed by atoms with E-state index in [2.05, 4.69) is 0 Å². The zero-order valence-corrected chi connectivity index (χ0v) is 19.1. The molecule has 0 radical (unpaired) electrons. The largest absolute Gasteiger partial charge is 0.481 e. The minimum Gasteiger partial charge on any atom is -0.481 e. The van der Waals surface area contributed by atoms with E-state index in [0.29, 0.717) is 10.6 Å². The van der Waals surface area contributed by atoms with Gasteiger partial charge in [-0.1, -0.05) is 36.2 Å². The number of halogens is 1. The molecule has 0 unspecified atom stereocenters. The van der Waals surface area contributed by atoms with Crippen LogP contribution in [0.4, 0.5) is 5.69 Å². The summed E-state index contributed by atoms with van der Waals surface area (Å²) in [6.07, 6.45) is 4.55. The van der Waals surface area contributed by atoms with Crippen LogP contribution >= 0.6 is 11.6 Å². The Kier molecular flexibility index (Phi) is 5.87. The quantitative estimate of drug-likeness (QED) is 0.645. The summed E-state index contributed by atoms with van der Waals surface area (Å²) >= 11 is 6.04. The Labute approximate surface area is 198 Å². The molecule has 2 aromatic carbocycles. The van der Waals surface area contributed by atoms with Crippen LogP contribution in [0.15, 0.2) is 48.5 Å². The summed E-state index contributed by atoms with van der Waals surface area (Å²) in [6.45, 7) is 0. The van der Waals surface area contributed by atoms with E-state index in [9.17, 15) is 14.4 Å². The highest BCUT2D eigenvalue weighted by Gasteiger charge is 2.51. The summed E-state index contributed by atoms with van der Waals surface area (Å²) in [5.74, 6) is -0.973. The van der Waals surface area contributed by atoms with Crippen molar-refractivity contribution in [1.82, 2.24) is 4.90 Å². The summed E-state index contributed by atoms with van der Waals surface area (Å²) in [5.41, 5.74) is 2.43. The Bertz CT molecular complexity index is 1080. The molecule has 172 valence electrons. The molecule has 1 heterocycles. The molecule has 2 aromatic rings. The van der Waals surface area contributed by atoms with Gasteiger partial charge in [0.1, 0.15) is 0 Å². The van der Waals surface area contributed by atoms with Gasteiger partial charge < -0.3 is 14.9 Å². The van der Waals surface area contributed by atoms with Crippen LogP contribution in [0.3, 0.4) is 0 Å². The second-order valence-electron chi connectivity index (χ2n) is 9.27. The Hall–Kier alpha value is -2.86. The van der Waals surface area contributed by atoms with Crippen LogP contribution < -0.4 is 4.90 Å². The minimum atomic E-state index is -0.957. The molecule has 2 amide bonds. The highest BCUT2D eigenvalue weighted by molar-refractivity contribution is 6.30. The SMILES string of the molecule is O=C(O)CCC(=O)N(C1CC1)[C@H]1c2ccccc2N(C(=O)c2ccc(Cl)cc2)[C@@H]2CCC[C@@H]21. The van der Waals surface area contributed by atoms with E-state index in [0.717, 1.165) is 43.4 Å². The van der Waals surface area contributed by atoms with E-state index in [1.807, 2.05) is 34.1 Å². The number of para-hydroxylation sites is 1. The molecule has 1 N–H and O–H groups in total. The maximum absolute atomic E-state index is 13.7. The number of carboxylic acids is 1. The van der Waals surface area contributed by atoms with E-state index < -0.39 is 5.97 Å². The Balaban J connectivity index is 1.55. The fraction of sp³-hybridized carbons (Fsp3) is 0.423. The first-order valence-electron chi connectivity index (χ1n) is 11.7. The number of benzene rings is 2. The fourth-order valence-corrected chi connectivity index (χ4v) is 5.78. The van der Waals surface area contributed by atoms with Crippen molar-refractivity contribution >= 4 is 35.1 Å². The van der Waals surface area contributed by atoms with Gasteiger partial charge in [-0.15, -0.1) is 0 Å². The molecular weight excluding hydrogens is 440 g/mol. The number of carboxylic acid groups (broad SMARTS) is 1. The van der Waals surface area contributed by atoms with Crippen LogP contribution in [0, 0.1) is 5.92 Å². The van der Waals surface area contributed by atoms with Crippen molar-refractivity contribution in [3.05, 3.63) is 64.7 Å². The summed E-state index contributed by atoms with van der Waals surface area (Å²) in [4.78, 5) is 42.0. The Morgan fingerprint density at radius 1 is 0.970 bits per heavy atom. The summed E-state index contributed by atoms with van der Waals surface area (Å²) in [7, 11) is 0. The number of hydrogen-bond donors (Lipinski definition) is 1. The molecule has 6 nitrogen and oxygen atoms in total. The van der Waals surface area contributed by atoms with Gasteiger partial charge in [0.2, 0.25) is 5.91 Å². The molecule has 2 saturated carbocycles. The van der Waals surface area contributed by atoms with Crippen molar-refractivity contribution in [3.63, 3.8) is 0 Å². The standard InChI is InChI=1S/C26H27ClN2O4/c27-17-10-8-16(9-11-17)26(33)29-21-6-2-1-4-19(21)25(20-5-3-7-22(20)29)28(18-12-13-18)23(30)14-15-24(31)32/h1-2,4,6,8-11,18,20,22,25H,3,5,7,12-15H2,(H,31,32)/t20-,22+,25-/m0/s1. The lowest BCUT2D eigenvalue weighted by Gasteiger charge is -2.48. The lowest BCUT2D eigenvalue weighted by Crippen LogP contribution is -2.52. The van der Waals surface area contributed by atoms with Crippen LogP contribution in [0.25, 0.3) is 0 Å². The zero-order chi connectivity index (χ0) is 23.1. The summed E-state index contributed by atoms with van der Waals surface area (Å²) in [5, 5.41) is 9.70. The number of amides is 2. The van der Waals surface area contributed by atoms with Gasteiger partial charge in [0.15, 0.2) is 0 Å². The summed E-state index contributed by atoms with van der Waals surface area (Å²) in [6, 6.07) is 14.9. The molecule has 7 heteroatoms. The minimum absolute atomic E-state index is 0.00148. The molecule has 3 aliphatic rings. The van der Waals surface area contributed by atoms with E-state index in [1.165, 1.54) is 0 Å². The first kappa shape index (κ1) is 22.0. The number of aliphatic carboxylic acids is 1. The van der Waals surface area contributed by atoms with Crippen LogP contribution in [0.2, 0.25) is 5.02 Å². The number of anilines is 1. The number of carbonyl (C=O) groups is 3. The topological polar surface area (TPSA) is 77.9 Å². The highest BCUT2D eigenvalue weighted by Crippen LogP contribution is 2.52. The van der Waals surface area contributed by atoms with Crippen molar-refractivity contribution in [2.24, 2.45) is 5.92 Å². The lowest BCUT2D eigenvalue weighted by atomic mass is 9.81. The smallest absolute Gasteiger partial charge is 0.303 e. The molecule has 1 aliphatic heterocycles. The average molecular weight is 467 g/mol. The molecule has 0 bridgehead atoms. The molecule has 3 atom stereocenters. The van der Waals surface area contributed by atoms with Crippen molar-refractivity contribution < 1.29 is 19.5 Å². The second kappa shape index (κ2) is 8.82. The van der Waals surface area contributed by atoms with Crippen molar-refractivity contribution in [2.45, 2.75) is 63.1 Å². The monoisotopic (exact) mass is 466 g/mol. The van der Waals surface area contributed by atoms with E-state index in [1.54, 1.807) is 24.3 Å². The van der Waals surface area contributed by atoms with Gasteiger partial charge in [-0.25, -0.2) is 0 Å². The third-order valence-corrected chi connectivity index (χ3v) is 7.43. The van der Waals surface area contributed by atoms with Gasteiger partial charge in [-0.05, 0) is 61.6 Å². The van der Waals surface area contributed by atoms with E-state index in [-0.39, 0.29) is 48.7 Å². The van der Waals surface area contributed by atoms with E-state index in [4.69, 9.17) is 16.7 Å². The fourth-order valence-electron chi connectivity index (χ4n) is 5.65. The van der Waals surface area contributed by atoms with Crippen LogP contribution in [0.5, 0.6) is 0 Å². The molecule has 0 spiro atoms. The third-order valence-electron chi connectivity index (χ3n) is 7.17. The van der Waals surface area contributed by atoms with Gasteiger partial charge in [0.05, 0.1) is 12.5 Å². The van der Waals surface area contributed by atoms with Gasteiger partial charge >= 0.3 is 5.97 Å². The Morgan fingerprint density at radius 3 is 2.39 bits per heavy atom. The van der Waals surface area contributed by atoms with Crippen molar-refractivity contribution in [1.29, 1.82) is 0 Å². The van der Waals surface area contributed by atoms with E-state index >= 15 is 0 Å². The van der Waals surface area contributed by atoms with Crippen molar-refractivity contribution in [2.75, 3.05) is 4.90 Å². The highest BCUT2D eigenvalue weighted by atomic mass is 35.5. The molecule has 0 aromatic heterocycles. The first-order chi connectivity index (χ1) is 16.0. The van der Waals surface area contributed by atoms with Crippen LogP contribution in [-0.2, 0) is 9.59 Å². The Morgan fingerprint density at radius 2 is 1.70 bits per heavy atom.